The smallest absolute Gasteiger partial charge is 0.243 e. The largest absolute Gasteiger partial charge is 0.320 e. The first-order valence-electron chi connectivity index (χ1n) is 6.44. The minimum atomic E-state index is -0.475. The Morgan fingerprint density at radius 2 is 2.19 bits per heavy atom. The number of aryl methyl sites for hydroxylation is 2. The number of carbonyl (C=O) groups is 1. The lowest BCUT2D eigenvalue weighted by Gasteiger charge is -2.09. The van der Waals surface area contributed by atoms with Crippen LogP contribution in [0.3, 0.4) is 0 Å². The van der Waals surface area contributed by atoms with Gasteiger partial charge in [-0.1, -0.05) is 17.4 Å². The molecule has 0 spiro atoms. The molecule has 0 radical (unpaired) electrons. The van der Waals surface area contributed by atoms with Gasteiger partial charge in [0.05, 0.1) is 16.3 Å². The summed E-state index contributed by atoms with van der Waals surface area (Å²) < 4.78 is 1.09. The normalized spacial score (nSPS) is 12.0. The molecule has 1 atom stereocenters. The van der Waals surface area contributed by atoms with Gasteiger partial charge in [0.2, 0.25) is 5.91 Å². The highest BCUT2D eigenvalue weighted by atomic mass is 35.5. The summed E-state index contributed by atoms with van der Waals surface area (Å²) in [5, 5.41) is 3.44. The number of nitrogens with zero attached hydrogens (tertiary/aromatic N) is 1. The Balaban J connectivity index is 0.00000220. The number of aromatic nitrogens is 1. The van der Waals surface area contributed by atoms with E-state index in [2.05, 4.69) is 29.4 Å². The number of hydrogen-bond acceptors (Lipinski definition) is 5. The van der Waals surface area contributed by atoms with Crippen molar-refractivity contribution in [3.63, 3.8) is 0 Å². The molecule has 4 nitrogen and oxygen atoms in total. The van der Waals surface area contributed by atoms with Crippen molar-refractivity contribution in [2.75, 3.05) is 17.3 Å². The quantitative estimate of drug-likeness (QED) is 0.871. The summed E-state index contributed by atoms with van der Waals surface area (Å²) in [5.41, 5.74) is 9.13. The van der Waals surface area contributed by atoms with Crippen LogP contribution >= 0.6 is 35.5 Å². The minimum Gasteiger partial charge on any atom is -0.320 e. The number of rotatable bonds is 5. The Morgan fingerprint density at radius 3 is 2.86 bits per heavy atom. The van der Waals surface area contributed by atoms with E-state index in [0.29, 0.717) is 11.6 Å². The third kappa shape index (κ3) is 4.57. The highest BCUT2D eigenvalue weighted by Crippen LogP contribution is 2.29. The number of halogens is 1. The van der Waals surface area contributed by atoms with Crippen molar-refractivity contribution in [2.24, 2.45) is 5.73 Å². The molecule has 1 aromatic heterocycles. The van der Waals surface area contributed by atoms with Gasteiger partial charge in [0.15, 0.2) is 5.13 Å². The molecule has 1 unspecified atom stereocenters. The molecule has 0 aliphatic rings. The molecule has 7 heteroatoms. The topological polar surface area (TPSA) is 68.0 Å². The van der Waals surface area contributed by atoms with Crippen molar-refractivity contribution in [2.45, 2.75) is 26.3 Å². The van der Waals surface area contributed by atoms with E-state index in [1.807, 2.05) is 13.2 Å². The number of thioether (sulfide) groups is 1. The summed E-state index contributed by atoms with van der Waals surface area (Å²) in [6, 6.07) is 3.71. The van der Waals surface area contributed by atoms with E-state index in [9.17, 15) is 4.79 Å². The first kappa shape index (κ1) is 18.2. The van der Waals surface area contributed by atoms with Gasteiger partial charge in [-0.3, -0.25) is 4.79 Å². The Hall–Kier alpha value is -0.820. The van der Waals surface area contributed by atoms with Crippen molar-refractivity contribution in [3.8, 4) is 0 Å². The van der Waals surface area contributed by atoms with E-state index < -0.39 is 6.04 Å². The van der Waals surface area contributed by atoms with Crippen molar-refractivity contribution < 1.29 is 4.79 Å². The molecule has 3 N–H and O–H groups in total. The summed E-state index contributed by atoms with van der Waals surface area (Å²) in [6.07, 6.45) is 2.68. The van der Waals surface area contributed by atoms with Crippen LogP contribution in [0.25, 0.3) is 10.2 Å². The molecule has 116 valence electrons. The second-order valence-electron chi connectivity index (χ2n) is 4.82. The molecule has 0 aliphatic carbocycles. The average molecular weight is 346 g/mol. The number of amides is 1. The van der Waals surface area contributed by atoms with Gasteiger partial charge < -0.3 is 11.1 Å². The van der Waals surface area contributed by atoms with Gasteiger partial charge in [-0.2, -0.15) is 11.8 Å². The highest BCUT2D eigenvalue weighted by molar-refractivity contribution is 7.98. The zero-order valence-electron chi connectivity index (χ0n) is 12.3. The van der Waals surface area contributed by atoms with E-state index >= 15 is 0 Å². The first-order valence-corrected chi connectivity index (χ1v) is 8.65. The monoisotopic (exact) mass is 345 g/mol. The molecule has 0 saturated heterocycles. The van der Waals surface area contributed by atoms with Crippen molar-refractivity contribution in [1.29, 1.82) is 0 Å². The minimum absolute atomic E-state index is 0. The van der Waals surface area contributed by atoms with E-state index in [1.165, 1.54) is 16.9 Å². The van der Waals surface area contributed by atoms with Crippen LogP contribution in [0.2, 0.25) is 0 Å². The van der Waals surface area contributed by atoms with Gasteiger partial charge in [0.1, 0.15) is 0 Å². The Labute approximate surface area is 139 Å². The summed E-state index contributed by atoms with van der Waals surface area (Å²) in [4.78, 5) is 16.5. The van der Waals surface area contributed by atoms with Crippen LogP contribution in [0.15, 0.2) is 12.1 Å². The third-order valence-corrected chi connectivity index (χ3v) is 4.59. The zero-order valence-corrected chi connectivity index (χ0v) is 14.8. The average Bonchev–Trinajstić information content (AvgIpc) is 2.78. The lowest BCUT2D eigenvalue weighted by molar-refractivity contribution is -0.117. The molecular formula is C14H20ClN3OS2. The predicted octanol–water partition coefficient (Wildman–Crippen LogP) is 3.35. The molecule has 1 amide bonds. The van der Waals surface area contributed by atoms with E-state index in [-0.39, 0.29) is 18.3 Å². The molecule has 21 heavy (non-hydrogen) atoms. The van der Waals surface area contributed by atoms with Crippen LogP contribution in [0.1, 0.15) is 17.5 Å². The summed E-state index contributed by atoms with van der Waals surface area (Å²) in [7, 11) is 0. The Kier molecular flexibility index (Phi) is 6.93. The predicted molar refractivity (Wildman–Crippen MR) is 95.9 cm³/mol. The fourth-order valence-electron chi connectivity index (χ4n) is 2.00. The van der Waals surface area contributed by atoms with Crippen LogP contribution in [0.5, 0.6) is 0 Å². The number of hydrogen-bond donors (Lipinski definition) is 2. The Bertz CT molecular complexity index is 630. The lowest BCUT2D eigenvalue weighted by atomic mass is 10.1. The van der Waals surface area contributed by atoms with Gasteiger partial charge >= 0.3 is 0 Å². The molecule has 2 aromatic rings. The van der Waals surface area contributed by atoms with Crippen LogP contribution < -0.4 is 11.1 Å². The number of carbonyl (C=O) groups excluding carboxylic acids is 1. The fourth-order valence-corrected chi connectivity index (χ4v) is 3.53. The molecule has 0 bridgehead atoms. The molecule has 0 saturated carbocycles. The number of benzene rings is 1. The highest BCUT2D eigenvalue weighted by Gasteiger charge is 2.15. The number of nitrogens with one attached hydrogen (secondary N) is 1. The zero-order chi connectivity index (χ0) is 14.7. The van der Waals surface area contributed by atoms with Crippen molar-refractivity contribution in [1.82, 2.24) is 4.98 Å². The molecule has 1 aromatic carbocycles. The van der Waals surface area contributed by atoms with Gasteiger partial charge in [-0.25, -0.2) is 4.98 Å². The van der Waals surface area contributed by atoms with E-state index in [4.69, 9.17) is 5.73 Å². The van der Waals surface area contributed by atoms with Gasteiger partial charge in [0.25, 0.3) is 0 Å². The maximum absolute atomic E-state index is 12.0. The molecule has 2 rings (SSSR count). The molecule has 0 aliphatic heterocycles. The van der Waals surface area contributed by atoms with Crippen LogP contribution in [0.4, 0.5) is 5.13 Å². The molecule has 1 heterocycles. The first-order chi connectivity index (χ1) is 9.51. The van der Waals surface area contributed by atoms with Crippen molar-refractivity contribution in [3.05, 3.63) is 23.3 Å². The Morgan fingerprint density at radius 1 is 1.48 bits per heavy atom. The summed E-state index contributed by atoms with van der Waals surface area (Å²) >= 11 is 3.18. The number of nitrogens with two attached hydrogens (primary N) is 1. The fraction of sp³-hybridized carbons (Fsp3) is 0.429. The molecule has 0 fully saturated rings. The SMILES string of the molecule is CSCCC(N)C(=O)Nc1nc2c(C)cc(C)cc2s1.Cl. The van der Waals surface area contributed by atoms with E-state index in [1.54, 1.807) is 11.8 Å². The number of anilines is 1. The summed E-state index contributed by atoms with van der Waals surface area (Å²) in [6.45, 7) is 4.09. The third-order valence-electron chi connectivity index (χ3n) is 3.03. The summed E-state index contributed by atoms with van der Waals surface area (Å²) in [5.74, 6) is 0.722. The second kappa shape index (κ2) is 7.98. The maximum atomic E-state index is 12.0. The number of thiazole rings is 1. The standard InChI is InChI=1S/C14H19N3OS2.ClH/c1-8-6-9(2)12-11(7-8)20-14(16-12)17-13(18)10(15)4-5-19-3;/h6-7,10H,4-5,15H2,1-3H3,(H,16,17,18);1H. The van der Waals surface area contributed by atoms with Crippen LogP contribution in [-0.4, -0.2) is 28.9 Å². The number of fused-ring (bicyclic) bond motifs is 1. The van der Waals surface area contributed by atoms with Crippen molar-refractivity contribution >= 4 is 56.8 Å². The van der Waals surface area contributed by atoms with Crippen LogP contribution in [-0.2, 0) is 4.79 Å². The van der Waals surface area contributed by atoms with Crippen LogP contribution in [0, 0.1) is 13.8 Å². The lowest BCUT2D eigenvalue weighted by Crippen LogP contribution is -2.36. The van der Waals surface area contributed by atoms with Gasteiger partial charge in [-0.05, 0) is 49.5 Å². The maximum Gasteiger partial charge on any atom is 0.243 e. The second-order valence-corrected chi connectivity index (χ2v) is 6.84. The molecular weight excluding hydrogens is 326 g/mol. The van der Waals surface area contributed by atoms with E-state index in [0.717, 1.165) is 21.5 Å². The van der Waals surface area contributed by atoms with Gasteiger partial charge in [-0.15, -0.1) is 12.4 Å². The van der Waals surface area contributed by atoms with Gasteiger partial charge in [0, 0.05) is 0 Å².